The van der Waals surface area contributed by atoms with Crippen LogP contribution in [-0.4, -0.2) is 167 Å². The van der Waals surface area contributed by atoms with Gasteiger partial charge in [0, 0.05) is 39.8 Å². The van der Waals surface area contributed by atoms with Crippen molar-refractivity contribution in [3.8, 4) is 0 Å². The number of phosphoric ester groups is 1. The van der Waals surface area contributed by atoms with Crippen molar-refractivity contribution >= 4 is 37.9 Å². The molecule has 0 saturated carbocycles. The number of phosphoric acid groups is 1. The Morgan fingerprint density at radius 2 is 1.05 bits per heavy atom. The molecule has 0 fully saturated rings. The Bertz CT molecular complexity index is 1020. The Hall–Kier alpha value is -3.14. The van der Waals surface area contributed by atoms with Crippen LogP contribution in [-0.2, 0) is 65.9 Å². The fourth-order valence-corrected chi connectivity index (χ4v) is 4.38. The number of carbonyl (C=O) groups excluding carboxylic acids is 5. The number of esters is 2. The normalized spacial score (nSPS) is 12.1. The number of unbranched alkanes of at least 4 members (excludes halogenated alkanes) is 3. The lowest BCUT2D eigenvalue weighted by atomic mass is 10.2. The van der Waals surface area contributed by atoms with Crippen molar-refractivity contribution in [2.45, 2.75) is 52.4 Å². The number of rotatable bonds is 37. The second-order valence-corrected chi connectivity index (χ2v) is 12.9. The van der Waals surface area contributed by atoms with Gasteiger partial charge in [-0.1, -0.05) is 26.7 Å². The Morgan fingerprint density at radius 3 is 1.55 bits per heavy atom. The van der Waals surface area contributed by atoms with Gasteiger partial charge in [0.2, 0.25) is 5.91 Å². The number of nitrogens with zero attached hydrogens (tertiary/aromatic N) is 1. The van der Waals surface area contributed by atoms with Gasteiger partial charge in [-0.2, -0.15) is 0 Å². The van der Waals surface area contributed by atoms with Gasteiger partial charge in [-0.15, -0.1) is 0 Å². The SMILES string of the molecule is CCCOC(=O)NCCOCCOCC(=O)OCCN(CCOC(=O)COCCOCCNC(=O)OCCC)CC(=O)NCCCCCCOP(=O)([O-])OC. The summed E-state index contributed by atoms with van der Waals surface area (Å²) in [6.45, 7) is 6.07. The molecular weight excluding hydrogens is 755 g/mol. The van der Waals surface area contributed by atoms with Crippen LogP contribution < -0.4 is 20.8 Å². The van der Waals surface area contributed by atoms with E-state index in [0.29, 0.717) is 39.0 Å². The number of hydrogen-bond acceptors (Lipinski definition) is 18. The van der Waals surface area contributed by atoms with Crippen LogP contribution in [0.1, 0.15) is 52.4 Å². The highest BCUT2D eigenvalue weighted by Crippen LogP contribution is 2.36. The van der Waals surface area contributed by atoms with Crippen molar-refractivity contribution in [2.24, 2.45) is 0 Å². The number of alkyl carbamates (subject to hydrolysis) is 2. The largest absolute Gasteiger partial charge is 0.756 e. The first kappa shape index (κ1) is 51.9. The molecule has 0 aliphatic rings. The van der Waals surface area contributed by atoms with E-state index >= 15 is 0 Å². The van der Waals surface area contributed by atoms with Crippen LogP contribution in [0.25, 0.3) is 0 Å². The molecule has 3 amide bonds. The van der Waals surface area contributed by atoms with E-state index < -0.39 is 31.9 Å². The molecule has 0 rings (SSSR count). The molecule has 0 aliphatic carbocycles. The highest BCUT2D eigenvalue weighted by Gasteiger charge is 2.14. The lowest BCUT2D eigenvalue weighted by Gasteiger charge is -2.21. The minimum Gasteiger partial charge on any atom is -0.756 e. The molecule has 21 nitrogen and oxygen atoms in total. The predicted octanol–water partition coefficient (Wildman–Crippen LogP) is 0.522. The van der Waals surface area contributed by atoms with Gasteiger partial charge in [0.25, 0.3) is 7.82 Å². The maximum absolute atomic E-state index is 12.6. The molecule has 0 saturated heterocycles. The van der Waals surface area contributed by atoms with Crippen molar-refractivity contribution in [1.29, 1.82) is 0 Å². The number of hydrogen-bond donors (Lipinski definition) is 3. The molecule has 322 valence electrons. The zero-order chi connectivity index (χ0) is 40.8. The summed E-state index contributed by atoms with van der Waals surface area (Å²) in [6, 6.07) is 0. The molecule has 0 bridgehead atoms. The summed E-state index contributed by atoms with van der Waals surface area (Å²) in [5.74, 6) is -1.52. The second-order valence-electron chi connectivity index (χ2n) is 11.4. The van der Waals surface area contributed by atoms with Gasteiger partial charge in [-0.25, -0.2) is 19.2 Å². The molecule has 0 aliphatic heterocycles. The third kappa shape index (κ3) is 36.3. The fraction of sp³-hybridized carbons (Fsp3) is 0.848. The molecule has 0 radical (unpaired) electrons. The van der Waals surface area contributed by atoms with Gasteiger partial charge >= 0.3 is 24.1 Å². The van der Waals surface area contributed by atoms with E-state index in [1.165, 1.54) is 0 Å². The van der Waals surface area contributed by atoms with Crippen molar-refractivity contribution in [2.75, 3.05) is 132 Å². The Labute approximate surface area is 323 Å². The highest BCUT2D eigenvalue weighted by atomic mass is 31.2. The van der Waals surface area contributed by atoms with E-state index in [2.05, 4.69) is 25.0 Å². The summed E-state index contributed by atoms with van der Waals surface area (Å²) in [7, 11) is -3.21. The van der Waals surface area contributed by atoms with Crippen LogP contribution in [0.4, 0.5) is 9.59 Å². The van der Waals surface area contributed by atoms with Crippen LogP contribution in [0.3, 0.4) is 0 Å². The zero-order valence-electron chi connectivity index (χ0n) is 32.5. The number of nitrogens with one attached hydrogen (secondary N) is 3. The first-order valence-electron chi connectivity index (χ1n) is 18.5. The molecule has 0 aromatic heterocycles. The highest BCUT2D eigenvalue weighted by molar-refractivity contribution is 7.45. The number of ether oxygens (including phenoxy) is 8. The quantitative estimate of drug-likeness (QED) is 0.0334. The molecule has 0 aromatic rings. The van der Waals surface area contributed by atoms with E-state index in [1.54, 1.807) is 4.90 Å². The summed E-state index contributed by atoms with van der Waals surface area (Å²) < 4.78 is 61.4. The molecule has 0 spiro atoms. The first-order valence-corrected chi connectivity index (χ1v) is 19.9. The molecular formula is C33H62N4O17P-. The average molecular weight is 818 g/mol. The molecule has 3 N–H and O–H groups in total. The van der Waals surface area contributed by atoms with Gasteiger partial charge < -0.3 is 67.8 Å². The minimum absolute atomic E-state index is 0.0156. The maximum Gasteiger partial charge on any atom is 0.407 e. The first-order chi connectivity index (χ1) is 26.5. The van der Waals surface area contributed by atoms with E-state index in [4.69, 9.17) is 37.9 Å². The number of amides is 3. The smallest absolute Gasteiger partial charge is 0.407 e. The molecule has 0 aromatic carbocycles. The fourth-order valence-electron chi connectivity index (χ4n) is 3.92. The summed E-state index contributed by atoms with van der Waals surface area (Å²) in [5, 5.41) is 7.89. The Balaban J connectivity index is 4.42. The monoisotopic (exact) mass is 817 g/mol. The Morgan fingerprint density at radius 1 is 0.564 bits per heavy atom. The maximum atomic E-state index is 12.6. The van der Waals surface area contributed by atoms with E-state index in [0.717, 1.165) is 26.4 Å². The van der Waals surface area contributed by atoms with E-state index in [9.17, 15) is 33.4 Å². The molecule has 1 unspecified atom stereocenters. The van der Waals surface area contributed by atoms with Crippen LogP contribution in [0.2, 0.25) is 0 Å². The van der Waals surface area contributed by atoms with Gasteiger partial charge in [0.15, 0.2) is 0 Å². The van der Waals surface area contributed by atoms with Crippen molar-refractivity contribution in [3.63, 3.8) is 0 Å². The van der Waals surface area contributed by atoms with Crippen LogP contribution >= 0.6 is 7.82 Å². The minimum atomic E-state index is -4.24. The number of carbonyl (C=O) groups is 5. The third-order valence-corrected chi connectivity index (χ3v) is 7.61. The standard InChI is InChI=1S/C33H63N4O17P/c1-4-15-52-32(41)35-11-18-46-22-24-48-27-30(39)50-20-13-37(26-29(38)34-10-8-6-7-9-17-54-55(43,44)45-3)14-21-51-31(40)28-49-25-23-47-19-12-36-33(42)53-16-5-2/h4-28H2,1-3H3,(H,34,38)(H,35,41)(H,36,42)(H,43,44)/p-1. The van der Waals surface area contributed by atoms with Gasteiger partial charge in [0.05, 0.1) is 66.0 Å². The van der Waals surface area contributed by atoms with Gasteiger partial charge in [-0.3, -0.25) is 14.3 Å². The van der Waals surface area contributed by atoms with Crippen molar-refractivity contribution in [1.82, 2.24) is 20.9 Å². The van der Waals surface area contributed by atoms with Gasteiger partial charge in [-0.05, 0) is 25.7 Å². The van der Waals surface area contributed by atoms with Crippen LogP contribution in [0, 0.1) is 0 Å². The predicted molar refractivity (Wildman–Crippen MR) is 193 cm³/mol. The molecule has 55 heavy (non-hydrogen) atoms. The summed E-state index contributed by atoms with van der Waals surface area (Å²) in [5.41, 5.74) is 0. The summed E-state index contributed by atoms with van der Waals surface area (Å²) >= 11 is 0. The topological polar surface area (TPSA) is 257 Å². The molecule has 22 heteroatoms. The van der Waals surface area contributed by atoms with E-state index in [1.807, 2.05) is 13.8 Å². The lowest BCUT2D eigenvalue weighted by Crippen LogP contribution is -2.41. The van der Waals surface area contributed by atoms with Crippen molar-refractivity contribution in [3.05, 3.63) is 0 Å². The molecule has 1 atom stereocenters. The van der Waals surface area contributed by atoms with Crippen LogP contribution in [0.5, 0.6) is 0 Å². The van der Waals surface area contributed by atoms with E-state index in [-0.39, 0.29) is 111 Å². The summed E-state index contributed by atoms with van der Waals surface area (Å²) in [4.78, 5) is 72.4. The lowest BCUT2D eigenvalue weighted by molar-refractivity contribution is -0.223. The van der Waals surface area contributed by atoms with Crippen LogP contribution in [0.15, 0.2) is 0 Å². The molecule has 0 heterocycles. The summed E-state index contributed by atoms with van der Waals surface area (Å²) in [6.07, 6.45) is 3.02. The third-order valence-electron chi connectivity index (χ3n) is 6.66. The Kier molecular flexibility index (Phi) is 34.4. The zero-order valence-corrected chi connectivity index (χ0v) is 33.4. The van der Waals surface area contributed by atoms with Crippen molar-refractivity contribution < 1.29 is 80.4 Å². The second kappa shape index (κ2) is 36.5. The average Bonchev–Trinajstić information content (AvgIpc) is 3.16. The van der Waals surface area contributed by atoms with Gasteiger partial charge in [0.1, 0.15) is 26.4 Å².